The lowest BCUT2D eigenvalue weighted by Crippen LogP contribution is -2.63. The van der Waals surface area contributed by atoms with Crippen LogP contribution in [0.3, 0.4) is 0 Å². The molecule has 0 amide bonds. The highest BCUT2D eigenvalue weighted by Gasteiger charge is 2.78. The van der Waals surface area contributed by atoms with E-state index in [0.717, 1.165) is 32.1 Å². The molecule has 29 heavy (non-hydrogen) atoms. The molecule has 2 heterocycles. The molecule has 0 radical (unpaired) electrons. The summed E-state index contributed by atoms with van der Waals surface area (Å²) in [6, 6.07) is 0. The Balaban J connectivity index is 1.38. The first-order valence-corrected chi connectivity index (χ1v) is 11.9. The lowest BCUT2D eigenvalue weighted by Gasteiger charge is -2.62. The Kier molecular flexibility index (Phi) is 4.02. The molecule has 5 nitrogen and oxygen atoms in total. The Labute approximate surface area is 174 Å². The molecule has 6 fully saturated rings. The van der Waals surface area contributed by atoms with E-state index in [4.69, 9.17) is 18.9 Å². The monoisotopic (exact) mass is 406 g/mol. The van der Waals surface area contributed by atoms with Crippen LogP contribution in [0.15, 0.2) is 0 Å². The molecule has 5 heteroatoms. The van der Waals surface area contributed by atoms with E-state index in [1.165, 1.54) is 12.8 Å². The van der Waals surface area contributed by atoms with Gasteiger partial charge in [0.1, 0.15) is 5.60 Å². The van der Waals surface area contributed by atoms with Gasteiger partial charge in [0.05, 0.1) is 31.5 Å². The Morgan fingerprint density at radius 2 is 1.76 bits per heavy atom. The van der Waals surface area contributed by atoms with Gasteiger partial charge in [-0.2, -0.15) is 0 Å². The van der Waals surface area contributed by atoms with Crippen molar-refractivity contribution in [1.29, 1.82) is 0 Å². The van der Waals surface area contributed by atoms with Crippen LogP contribution in [0.25, 0.3) is 0 Å². The number of fused-ring (bicyclic) bond motifs is 4. The number of methoxy groups -OCH3 is 1. The van der Waals surface area contributed by atoms with Crippen molar-refractivity contribution in [3.8, 4) is 0 Å². The zero-order chi connectivity index (χ0) is 20.2. The zero-order valence-corrected chi connectivity index (χ0v) is 18.5. The molecule has 10 atom stereocenters. The van der Waals surface area contributed by atoms with Crippen LogP contribution >= 0.6 is 0 Å². The first-order chi connectivity index (χ1) is 13.8. The summed E-state index contributed by atoms with van der Waals surface area (Å²) in [7, 11) is 1.91. The van der Waals surface area contributed by atoms with Crippen LogP contribution in [0.1, 0.15) is 65.7 Å². The van der Waals surface area contributed by atoms with Crippen LogP contribution in [0, 0.1) is 34.5 Å². The molecule has 0 aromatic heterocycles. The van der Waals surface area contributed by atoms with Crippen molar-refractivity contribution >= 4 is 0 Å². The molecule has 0 aromatic carbocycles. The van der Waals surface area contributed by atoms with Gasteiger partial charge in [0.25, 0.3) is 0 Å². The molecule has 0 bridgehead atoms. The minimum atomic E-state index is -0.442. The van der Waals surface area contributed by atoms with Crippen molar-refractivity contribution in [2.24, 2.45) is 34.5 Å². The molecule has 2 saturated heterocycles. The van der Waals surface area contributed by atoms with Gasteiger partial charge in [0.15, 0.2) is 5.79 Å². The molecular formula is C24H38O5. The van der Waals surface area contributed by atoms with Crippen LogP contribution in [0.4, 0.5) is 0 Å². The lowest BCUT2D eigenvalue weighted by molar-refractivity contribution is -0.232. The van der Waals surface area contributed by atoms with E-state index in [-0.39, 0.29) is 28.6 Å². The largest absolute Gasteiger partial charge is 0.393 e. The molecule has 2 aliphatic heterocycles. The average molecular weight is 407 g/mol. The Hall–Kier alpha value is -0.200. The molecule has 0 aromatic rings. The maximum atomic E-state index is 10.4. The Morgan fingerprint density at radius 3 is 2.48 bits per heavy atom. The number of ether oxygens (including phenoxy) is 4. The third-order valence-corrected chi connectivity index (χ3v) is 10.8. The number of hydrogen-bond donors (Lipinski definition) is 1. The first kappa shape index (κ1) is 19.5. The third kappa shape index (κ3) is 2.29. The van der Waals surface area contributed by atoms with Gasteiger partial charge >= 0.3 is 0 Å². The average Bonchev–Trinajstić information content (AvgIpc) is 3.01. The zero-order valence-electron chi connectivity index (χ0n) is 18.5. The molecule has 1 spiro atoms. The lowest BCUT2D eigenvalue weighted by atomic mass is 9.43. The molecule has 6 rings (SSSR count). The first-order valence-electron chi connectivity index (χ1n) is 11.9. The second-order valence-corrected chi connectivity index (χ2v) is 11.7. The fraction of sp³-hybridized carbons (Fsp3) is 1.00. The highest BCUT2D eigenvalue weighted by molar-refractivity contribution is 5.25. The summed E-state index contributed by atoms with van der Waals surface area (Å²) in [6.45, 7) is 8.56. The molecule has 4 aliphatic carbocycles. The highest BCUT2D eigenvalue weighted by atomic mass is 16.7. The summed E-state index contributed by atoms with van der Waals surface area (Å²) >= 11 is 0. The molecule has 9 unspecified atom stereocenters. The smallest absolute Gasteiger partial charge is 0.169 e. The predicted molar refractivity (Wildman–Crippen MR) is 107 cm³/mol. The number of rotatable bonds is 2. The van der Waals surface area contributed by atoms with Gasteiger partial charge in [0, 0.05) is 24.9 Å². The van der Waals surface area contributed by atoms with Gasteiger partial charge in [-0.1, -0.05) is 13.8 Å². The summed E-state index contributed by atoms with van der Waals surface area (Å²) < 4.78 is 25.1. The minimum absolute atomic E-state index is 0.0992. The van der Waals surface area contributed by atoms with E-state index in [1.807, 2.05) is 7.11 Å². The molecule has 6 aliphatic rings. The van der Waals surface area contributed by atoms with Crippen molar-refractivity contribution in [3.63, 3.8) is 0 Å². The summed E-state index contributed by atoms with van der Waals surface area (Å²) in [5.41, 5.74) is 0.197. The van der Waals surface area contributed by atoms with Gasteiger partial charge < -0.3 is 24.1 Å². The van der Waals surface area contributed by atoms with E-state index in [9.17, 15) is 5.11 Å². The van der Waals surface area contributed by atoms with Crippen molar-refractivity contribution < 1.29 is 24.1 Å². The van der Waals surface area contributed by atoms with Crippen LogP contribution < -0.4 is 0 Å². The molecule has 164 valence electrons. The fourth-order valence-corrected chi connectivity index (χ4v) is 9.56. The maximum absolute atomic E-state index is 10.4. The summed E-state index contributed by atoms with van der Waals surface area (Å²) in [6.07, 6.45) is 7.82. The quantitative estimate of drug-likeness (QED) is 0.711. The second-order valence-electron chi connectivity index (χ2n) is 11.7. The van der Waals surface area contributed by atoms with Crippen LogP contribution in [0.5, 0.6) is 0 Å². The maximum Gasteiger partial charge on any atom is 0.169 e. The van der Waals surface area contributed by atoms with E-state index in [0.29, 0.717) is 43.0 Å². The SMILES string of the molecule is CO[C@H]1CC2(C)C(CCC2C2(C)OCCO2)C2CC3OC34CC(O)CCC4(C)C21. The van der Waals surface area contributed by atoms with Gasteiger partial charge in [-0.05, 0) is 68.6 Å². The van der Waals surface area contributed by atoms with Gasteiger partial charge in [-0.15, -0.1) is 0 Å². The highest BCUT2D eigenvalue weighted by Crippen LogP contribution is 2.74. The van der Waals surface area contributed by atoms with Crippen molar-refractivity contribution in [1.82, 2.24) is 0 Å². The van der Waals surface area contributed by atoms with Crippen molar-refractivity contribution in [2.75, 3.05) is 20.3 Å². The van der Waals surface area contributed by atoms with Gasteiger partial charge in [0.2, 0.25) is 0 Å². The van der Waals surface area contributed by atoms with Crippen LogP contribution in [0.2, 0.25) is 0 Å². The molecular weight excluding hydrogens is 368 g/mol. The third-order valence-electron chi connectivity index (χ3n) is 10.8. The van der Waals surface area contributed by atoms with E-state index in [2.05, 4.69) is 20.8 Å². The topological polar surface area (TPSA) is 60.5 Å². The normalized spacial score (nSPS) is 60.1. The molecule has 4 saturated carbocycles. The van der Waals surface area contributed by atoms with Crippen LogP contribution in [-0.4, -0.2) is 55.1 Å². The van der Waals surface area contributed by atoms with Crippen molar-refractivity contribution in [3.05, 3.63) is 0 Å². The number of hydrogen-bond acceptors (Lipinski definition) is 5. The second kappa shape index (κ2) is 5.98. The van der Waals surface area contributed by atoms with Gasteiger partial charge in [-0.25, -0.2) is 0 Å². The molecule has 1 N–H and O–H groups in total. The predicted octanol–water partition coefficient (Wildman–Crippen LogP) is 3.53. The van der Waals surface area contributed by atoms with E-state index in [1.54, 1.807) is 0 Å². The van der Waals surface area contributed by atoms with E-state index < -0.39 is 5.79 Å². The summed E-state index contributed by atoms with van der Waals surface area (Å²) in [5, 5.41) is 10.4. The van der Waals surface area contributed by atoms with Crippen LogP contribution in [-0.2, 0) is 18.9 Å². The fourth-order valence-electron chi connectivity index (χ4n) is 9.56. The number of aliphatic hydroxyl groups is 1. The Bertz CT molecular complexity index is 691. The minimum Gasteiger partial charge on any atom is -0.393 e. The number of epoxide rings is 1. The van der Waals surface area contributed by atoms with E-state index >= 15 is 0 Å². The standard InChI is InChI=1S/C24H38O5/c1-21-13-17(26-4)20-15(16(21)5-6-18(21)23(3)27-9-10-28-23)11-19-24(29-19)12-14(25)7-8-22(20,24)2/h14-20,25H,5-13H2,1-4H3/t14?,15?,16?,17-,18?,19?,20?,21?,22?,24?/m0/s1. The summed E-state index contributed by atoms with van der Waals surface area (Å²) in [4.78, 5) is 0. The summed E-state index contributed by atoms with van der Waals surface area (Å²) in [5.74, 6) is 1.82. The van der Waals surface area contributed by atoms with Crippen molar-refractivity contribution in [2.45, 2.75) is 95.4 Å². The number of aliphatic hydroxyl groups excluding tert-OH is 1. The Morgan fingerprint density at radius 1 is 1.00 bits per heavy atom. The van der Waals surface area contributed by atoms with Gasteiger partial charge in [-0.3, -0.25) is 0 Å².